The monoisotopic (exact) mass is 234 g/mol. The predicted molar refractivity (Wildman–Crippen MR) is 58.0 cm³/mol. The zero-order chi connectivity index (χ0) is 12.4. The second-order valence-electron chi connectivity index (χ2n) is 3.54. The van der Waals surface area contributed by atoms with Crippen LogP contribution in [0, 0.1) is 0 Å². The molecule has 17 heavy (non-hydrogen) atoms. The topological polar surface area (TPSA) is 85.3 Å². The zero-order valence-corrected chi connectivity index (χ0v) is 9.08. The van der Waals surface area contributed by atoms with Gasteiger partial charge in [-0.15, -0.1) is 0 Å². The van der Waals surface area contributed by atoms with E-state index in [2.05, 4.69) is 5.10 Å². The number of carboxylic acid groups (broad SMARTS) is 1. The summed E-state index contributed by atoms with van der Waals surface area (Å²) in [6.07, 6.45) is 1.87. The summed E-state index contributed by atoms with van der Waals surface area (Å²) in [4.78, 5) is 22.3. The van der Waals surface area contributed by atoms with Crippen LogP contribution in [0.2, 0.25) is 0 Å². The van der Waals surface area contributed by atoms with Crippen LogP contribution in [-0.4, -0.2) is 20.9 Å². The molecule has 0 aliphatic heterocycles. The number of aromatic carboxylic acids is 1. The number of aryl methyl sites for hydroxylation is 1. The van der Waals surface area contributed by atoms with Gasteiger partial charge in [0.1, 0.15) is 11.3 Å². The summed E-state index contributed by atoms with van der Waals surface area (Å²) in [6.45, 7) is 0. The molecule has 2 aromatic rings. The fraction of sp³-hybridized carbons (Fsp3) is 0.182. The first kappa shape index (κ1) is 11.1. The SMILES string of the molecule is Cn1nc(Cc2ccco2)cc(C(=O)O)c1=O. The molecular formula is C11H10N2O4. The van der Waals surface area contributed by atoms with Crippen molar-refractivity contribution in [2.45, 2.75) is 6.42 Å². The Morgan fingerprint density at radius 2 is 2.35 bits per heavy atom. The van der Waals surface area contributed by atoms with Crippen LogP contribution in [0.5, 0.6) is 0 Å². The standard InChI is InChI=1S/C11H10N2O4/c1-13-10(14)9(11(15)16)6-7(12-13)5-8-3-2-4-17-8/h2-4,6H,5H2,1H3,(H,15,16). The summed E-state index contributed by atoms with van der Waals surface area (Å²) < 4.78 is 6.15. The van der Waals surface area contributed by atoms with Crippen LogP contribution in [0.4, 0.5) is 0 Å². The summed E-state index contributed by atoms with van der Waals surface area (Å²) in [7, 11) is 1.42. The van der Waals surface area contributed by atoms with E-state index in [-0.39, 0.29) is 5.56 Å². The van der Waals surface area contributed by atoms with Crippen LogP contribution < -0.4 is 5.56 Å². The van der Waals surface area contributed by atoms with E-state index in [4.69, 9.17) is 9.52 Å². The second kappa shape index (κ2) is 4.25. The smallest absolute Gasteiger partial charge is 0.341 e. The molecule has 88 valence electrons. The van der Waals surface area contributed by atoms with Crippen LogP contribution in [0.25, 0.3) is 0 Å². The van der Waals surface area contributed by atoms with Crippen LogP contribution in [0.15, 0.2) is 33.7 Å². The van der Waals surface area contributed by atoms with E-state index in [0.717, 1.165) is 4.68 Å². The fourth-order valence-electron chi connectivity index (χ4n) is 1.50. The van der Waals surface area contributed by atoms with Crippen molar-refractivity contribution >= 4 is 5.97 Å². The average Bonchev–Trinajstić information content (AvgIpc) is 2.75. The van der Waals surface area contributed by atoms with Crippen molar-refractivity contribution < 1.29 is 14.3 Å². The van der Waals surface area contributed by atoms with Gasteiger partial charge in [0.2, 0.25) is 0 Å². The molecule has 0 bridgehead atoms. The Morgan fingerprint density at radius 1 is 1.59 bits per heavy atom. The molecule has 0 amide bonds. The summed E-state index contributed by atoms with van der Waals surface area (Å²) in [5.41, 5.74) is -0.441. The van der Waals surface area contributed by atoms with Crippen molar-refractivity contribution in [2.24, 2.45) is 7.05 Å². The Kier molecular flexibility index (Phi) is 2.78. The molecule has 0 unspecified atom stereocenters. The van der Waals surface area contributed by atoms with E-state index >= 15 is 0 Å². The Morgan fingerprint density at radius 3 is 2.94 bits per heavy atom. The predicted octanol–water partition coefficient (Wildman–Crippen LogP) is 0.662. The number of hydrogen-bond acceptors (Lipinski definition) is 4. The minimum absolute atomic E-state index is 0.288. The maximum absolute atomic E-state index is 11.5. The lowest BCUT2D eigenvalue weighted by Crippen LogP contribution is -2.27. The summed E-state index contributed by atoms with van der Waals surface area (Å²) >= 11 is 0. The minimum atomic E-state index is -1.26. The van der Waals surface area contributed by atoms with Crippen LogP contribution in [0.3, 0.4) is 0 Å². The Hall–Kier alpha value is -2.37. The van der Waals surface area contributed by atoms with Crippen molar-refractivity contribution in [3.63, 3.8) is 0 Å². The summed E-state index contributed by atoms with van der Waals surface area (Å²) in [5.74, 6) is -0.596. The van der Waals surface area contributed by atoms with Gasteiger partial charge in [-0.3, -0.25) is 4.79 Å². The normalized spacial score (nSPS) is 10.4. The third-order valence-electron chi connectivity index (χ3n) is 2.28. The number of carboxylic acids is 1. The van der Waals surface area contributed by atoms with Gasteiger partial charge in [-0.05, 0) is 18.2 Å². The first-order valence-electron chi connectivity index (χ1n) is 4.91. The van der Waals surface area contributed by atoms with E-state index in [9.17, 15) is 9.59 Å². The molecule has 0 saturated carbocycles. The lowest BCUT2D eigenvalue weighted by atomic mass is 10.2. The van der Waals surface area contributed by atoms with Gasteiger partial charge >= 0.3 is 5.97 Å². The number of nitrogens with zero attached hydrogens (tertiary/aromatic N) is 2. The van der Waals surface area contributed by atoms with Crippen molar-refractivity contribution in [3.8, 4) is 0 Å². The third-order valence-corrected chi connectivity index (χ3v) is 2.28. The van der Waals surface area contributed by atoms with Gasteiger partial charge in [-0.1, -0.05) is 0 Å². The Labute approximate surface area is 96.1 Å². The maximum atomic E-state index is 11.5. The molecular weight excluding hydrogens is 224 g/mol. The van der Waals surface area contributed by atoms with Crippen LogP contribution in [-0.2, 0) is 13.5 Å². The zero-order valence-electron chi connectivity index (χ0n) is 9.08. The van der Waals surface area contributed by atoms with Crippen LogP contribution >= 0.6 is 0 Å². The molecule has 6 heteroatoms. The van der Waals surface area contributed by atoms with Crippen LogP contribution in [0.1, 0.15) is 21.8 Å². The largest absolute Gasteiger partial charge is 0.477 e. The second-order valence-corrected chi connectivity index (χ2v) is 3.54. The molecule has 0 saturated heterocycles. The lowest BCUT2D eigenvalue weighted by Gasteiger charge is -2.03. The molecule has 1 N–H and O–H groups in total. The van der Waals surface area contributed by atoms with E-state index in [1.165, 1.54) is 19.4 Å². The molecule has 2 rings (SSSR count). The molecule has 0 spiro atoms. The number of carbonyl (C=O) groups is 1. The van der Waals surface area contributed by atoms with E-state index in [1.54, 1.807) is 12.1 Å². The number of hydrogen-bond donors (Lipinski definition) is 1. The lowest BCUT2D eigenvalue weighted by molar-refractivity contribution is 0.0693. The highest BCUT2D eigenvalue weighted by molar-refractivity contribution is 5.87. The van der Waals surface area contributed by atoms with Gasteiger partial charge in [0.05, 0.1) is 12.0 Å². The number of rotatable bonds is 3. The van der Waals surface area contributed by atoms with Gasteiger partial charge in [0, 0.05) is 13.5 Å². The van der Waals surface area contributed by atoms with Crippen molar-refractivity contribution in [3.05, 3.63) is 51.8 Å². The van der Waals surface area contributed by atoms with Gasteiger partial charge < -0.3 is 9.52 Å². The van der Waals surface area contributed by atoms with Gasteiger partial charge in [-0.2, -0.15) is 5.10 Å². The minimum Gasteiger partial charge on any atom is -0.477 e. The fourth-order valence-corrected chi connectivity index (χ4v) is 1.50. The third kappa shape index (κ3) is 2.25. The number of aromatic nitrogens is 2. The summed E-state index contributed by atoms with van der Waals surface area (Å²) in [6, 6.07) is 4.76. The highest BCUT2D eigenvalue weighted by atomic mass is 16.4. The Balaban J connectivity index is 2.43. The number of furan rings is 1. The molecule has 2 heterocycles. The van der Waals surface area contributed by atoms with Gasteiger partial charge in [-0.25, -0.2) is 9.48 Å². The molecule has 0 fully saturated rings. The maximum Gasteiger partial charge on any atom is 0.341 e. The molecule has 0 aromatic carbocycles. The molecule has 0 aliphatic rings. The molecule has 0 atom stereocenters. The van der Waals surface area contributed by atoms with Gasteiger partial charge in [0.25, 0.3) is 5.56 Å². The molecule has 0 radical (unpaired) electrons. The summed E-state index contributed by atoms with van der Waals surface area (Å²) in [5, 5.41) is 12.8. The highest BCUT2D eigenvalue weighted by Crippen LogP contribution is 2.07. The van der Waals surface area contributed by atoms with E-state index < -0.39 is 11.5 Å². The average molecular weight is 234 g/mol. The quantitative estimate of drug-likeness (QED) is 0.843. The molecule has 6 nitrogen and oxygen atoms in total. The highest BCUT2D eigenvalue weighted by Gasteiger charge is 2.13. The van der Waals surface area contributed by atoms with Crippen molar-refractivity contribution in [2.75, 3.05) is 0 Å². The van der Waals surface area contributed by atoms with Gasteiger partial charge in [0.15, 0.2) is 0 Å². The first-order chi connectivity index (χ1) is 8.08. The van der Waals surface area contributed by atoms with E-state index in [1.807, 2.05) is 0 Å². The molecule has 0 aliphatic carbocycles. The Bertz CT molecular complexity index is 598. The van der Waals surface area contributed by atoms with E-state index in [0.29, 0.717) is 17.9 Å². The molecule has 2 aromatic heterocycles. The van der Waals surface area contributed by atoms with Crippen molar-refractivity contribution in [1.82, 2.24) is 9.78 Å². The van der Waals surface area contributed by atoms with Crippen molar-refractivity contribution in [1.29, 1.82) is 0 Å². The first-order valence-corrected chi connectivity index (χ1v) is 4.91.